The van der Waals surface area contributed by atoms with Gasteiger partial charge in [0, 0.05) is 13.0 Å². The van der Waals surface area contributed by atoms with Crippen LogP contribution in [0.4, 0.5) is 0 Å². The summed E-state index contributed by atoms with van der Waals surface area (Å²) in [7, 11) is 0. The number of rotatable bonds is 8. The lowest BCUT2D eigenvalue weighted by molar-refractivity contribution is -0.125. The Morgan fingerprint density at radius 2 is 1.68 bits per heavy atom. The number of fused-ring (bicyclic) bond motifs is 2. The lowest BCUT2D eigenvalue weighted by Crippen LogP contribution is -2.50. The lowest BCUT2D eigenvalue weighted by atomic mass is 10.0. The molecule has 1 aromatic heterocycles. The van der Waals surface area contributed by atoms with E-state index >= 15 is 0 Å². The van der Waals surface area contributed by atoms with Crippen LogP contribution in [0.5, 0.6) is 0 Å². The Kier molecular flexibility index (Phi) is 5.84. The van der Waals surface area contributed by atoms with Gasteiger partial charge in [-0.1, -0.05) is 38.1 Å². The summed E-state index contributed by atoms with van der Waals surface area (Å²) in [5, 5.41) is 2.91. The summed E-state index contributed by atoms with van der Waals surface area (Å²) in [6, 6.07) is 13.7. The van der Waals surface area contributed by atoms with Crippen LogP contribution < -0.4 is 5.32 Å². The van der Waals surface area contributed by atoms with Crippen LogP contribution in [0.2, 0.25) is 0 Å². The highest BCUT2D eigenvalue weighted by atomic mass is 16.2. The fourth-order valence-corrected chi connectivity index (χ4v) is 3.98. The smallest absolute Gasteiger partial charge is 0.262 e. The highest BCUT2D eigenvalue weighted by Gasteiger charge is 2.42. The lowest BCUT2D eigenvalue weighted by Gasteiger charge is -2.26. The molecule has 31 heavy (non-hydrogen) atoms. The van der Waals surface area contributed by atoms with Crippen molar-refractivity contribution >= 4 is 28.8 Å². The van der Waals surface area contributed by atoms with Crippen LogP contribution >= 0.6 is 0 Å². The standard InChI is InChI=1S/C24H26N4O3/c1-15(2)14-20(28-23(30)16-8-3-4-9-17(16)24(28)31)22(29)25-13-7-12-21-26-18-10-5-6-11-19(18)27-21/h3-6,8-11,15,20H,7,12-14H2,1-2H3,(H,25,29)(H,26,27). The van der Waals surface area contributed by atoms with Gasteiger partial charge in [0.15, 0.2) is 0 Å². The molecule has 2 aromatic carbocycles. The van der Waals surface area contributed by atoms with E-state index in [-0.39, 0.29) is 11.8 Å². The van der Waals surface area contributed by atoms with Gasteiger partial charge in [0.2, 0.25) is 5.91 Å². The number of H-pyrrole nitrogens is 1. The number of hydrogen-bond donors (Lipinski definition) is 2. The highest BCUT2D eigenvalue weighted by Crippen LogP contribution is 2.27. The van der Waals surface area contributed by atoms with E-state index in [2.05, 4.69) is 15.3 Å². The molecular weight excluding hydrogens is 392 g/mol. The molecule has 2 N–H and O–H groups in total. The molecule has 0 saturated carbocycles. The largest absolute Gasteiger partial charge is 0.354 e. The summed E-state index contributed by atoms with van der Waals surface area (Å²) in [6.45, 7) is 4.38. The van der Waals surface area contributed by atoms with Crippen LogP contribution in [0.25, 0.3) is 11.0 Å². The molecule has 2 heterocycles. The van der Waals surface area contributed by atoms with Gasteiger partial charge in [0.05, 0.1) is 22.2 Å². The van der Waals surface area contributed by atoms with E-state index in [0.717, 1.165) is 21.8 Å². The zero-order valence-electron chi connectivity index (χ0n) is 17.7. The summed E-state index contributed by atoms with van der Waals surface area (Å²) < 4.78 is 0. The molecule has 160 valence electrons. The first kappa shape index (κ1) is 20.8. The number of nitrogens with one attached hydrogen (secondary N) is 2. The van der Waals surface area contributed by atoms with Gasteiger partial charge in [-0.25, -0.2) is 4.98 Å². The summed E-state index contributed by atoms with van der Waals surface area (Å²) in [5.41, 5.74) is 2.63. The number of aromatic nitrogens is 2. The first-order valence-corrected chi connectivity index (χ1v) is 10.6. The van der Waals surface area contributed by atoms with Crippen molar-refractivity contribution in [2.24, 2.45) is 5.92 Å². The average molecular weight is 418 g/mol. The Labute approximate surface area is 180 Å². The second kappa shape index (κ2) is 8.71. The third-order valence-corrected chi connectivity index (χ3v) is 5.46. The molecule has 0 radical (unpaired) electrons. The number of nitrogens with zero attached hydrogens (tertiary/aromatic N) is 2. The van der Waals surface area contributed by atoms with E-state index in [4.69, 9.17) is 0 Å². The van der Waals surface area contributed by atoms with Crippen LogP contribution in [0.1, 0.15) is 53.2 Å². The molecule has 4 rings (SSSR count). The maximum absolute atomic E-state index is 13.0. The fraction of sp³-hybridized carbons (Fsp3) is 0.333. The van der Waals surface area contributed by atoms with E-state index in [1.54, 1.807) is 24.3 Å². The molecule has 1 aliphatic rings. The summed E-state index contributed by atoms with van der Waals surface area (Å²) >= 11 is 0. The predicted octanol–water partition coefficient (Wildman–Crippen LogP) is 3.32. The monoisotopic (exact) mass is 418 g/mol. The van der Waals surface area contributed by atoms with Crippen molar-refractivity contribution in [2.45, 2.75) is 39.2 Å². The minimum Gasteiger partial charge on any atom is -0.354 e. The Hall–Kier alpha value is -3.48. The van der Waals surface area contributed by atoms with Gasteiger partial charge in [-0.15, -0.1) is 0 Å². The molecule has 3 amide bonds. The zero-order valence-corrected chi connectivity index (χ0v) is 17.7. The van der Waals surface area contributed by atoms with Gasteiger partial charge in [-0.2, -0.15) is 0 Å². The quantitative estimate of drug-likeness (QED) is 0.433. The molecule has 7 heteroatoms. The first-order chi connectivity index (χ1) is 15.0. The fourth-order valence-electron chi connectivity index (χ4n) is 3.98. The molecule has 0 aliphatic carbocycles. The van der Waals surface area contributed by atoms with E-state index in [1.807, 2.05) is 38.1 Å². The maximum Gasteiger partial charge on any atom is 0.262 e. The number of carbonyl (C=O) groups is 3. The van der Waals surface area contributed by atoms with Gasteiger partial charge in [0.25, 0.3) is 11.8 Å². The Balaban J connectivity index is 1.39. The topological polar surface area (TPSA) is 95.2 Å². The van der Waals surface area contributed by atoms with Gasteiger partial charge >= 0.3 is 0 Å². The van der Waals surface area contributed by atoms with Crippen molar-refractivity contribution in [2.75, 3.05) is 6.54 Å². The minimum atomic E-state index is -0.821. The summed E-state index contributed by atoms with van der Waals surface area (Å²) in [4.78, 5) is 47.6. The van der Waals surface area contributed by atoms with Crippen LogP contribution in [0.15, 0.2) is 48.5 Å². The molecule has 0 fully saturated rings. The number of aromatic amines is 1. The molecular formula is C24H26N4O3. The predicted molar refractivity (Wildman–Crippen MR) is 118 cm³/mol. The highest BCUT2D eigenvalue weighted by molar-refractivity contribution is 6.22. The number of hydrogen-bond acceptors (Lipinski definition) is 4. The Morgan fingerprint density at radius 3 is 2.32 bits per heavy atom. The first-order valence-electron chi connectivity index (χ1n) is 10.6. The minimum absolute atomic E-state index is 0.149. The van der Waals surface area contributed by atoms with E-state index in [1.165, 1.54) is 0 Å². The molecule has 1 unspecified atom stereocenters. The van der Waals surface area contributed by atoms with Crippen LogP contribution in [0, 0.1) is 5.92 Å². The molecule has 1 aliphatic heterocycles. The molecule has 7 nitrogen and oxygen atoms in total. The van der Waals surface area contributed by atoms with Gasteiger partial charge in [-0.3, -0.25) is 19.3 Å². The van der Waals surface area contributed by atoms with Crippen LogP contribution in [-0.2, 0) is 11.2 Å². The van der Waals surface area contributed by atoms with Crippen molar-refractivity contribution in [3.8, 4) is 0 Å². The zero-order chi connectivity index (χ0) is 22.0. The van der Waals surface area contributed by atoms with Crippen LogP contribution in [0.3, 0.4) is 0 Å². The number of amides is 3. The third kappa shape index (κ3) is 4.21. The van der Waals surface area contributed by atoms with E-state index in [0.29, 0.717) is 36.9 Å². The number of carbonyl (C=O) groups excluding carboxylic acids is 3. The van der Waals surface area contributed by atoms with Crippen molar-refractivity contribution in [1.82, 2.24) is 20.2 Å². The van der Waals surface area contributed by atoms with Crippen LogP contribution in [-0.4, -0.2) is 45.2 Å². The molecule has 1 atom stereocenters. The van der Waals surface area contributed by atoms with E-state index in [9.17, 15) is 14.4 Å². The van der Waals surface area contributed by atoms with Gasteiger partial charge < -0.3 is 10.3 Å². The maximum atomic E-state index is 13.0. The molecule has 0 saturated heterocycles. The third-order valence-electron chi connectivity index (χ3n) is 5.46. The number of imidazole rings is 1. The van der Waals surface area contributed by atoms with Gasteiger partial charge in [0.1, 0.15) is 11.9 Å². The Morgan fingerprint density at radius 1 is 1.03 bits per heavy atom. The van der Waals surface area contributed by atoms with Crippen molar-refractivity contribution in [3.63, 3.8) is 0 Å². The second-order valence-corrected chi connectivity index (χ2v) is 8.27. The average Bonchev–Trinajstić information content (AvgIpc) is 3.28. The second-order valence-electron chi connectivity index (χ2n) is 8.27. The number of para-hydroxylation sites is 2. The summed E-state index contributed by atoms with van der Waals surface area (Å²) in [6.07, 6.45) is 1.81. The summed E-state index contributed by atoms with van der Waals surface area (Å²) in [5.74, 6) is -0.0784. The number of imide groups is 1. The SMILES string of the molecule is CC(C)CC(C(=O)NCCCc1nc2ccccc2[nH]1)N1C(=O)c2ccccc2C1=O. The van der Waals surface area contributed by atoms with Crippen molar-refractivity contribution in [3.05, 3.63) is 65.5 Å². The van der Waals surface area contributed by atoms with E-state index < -0.39 is 17.9 Å². The number of aryl methyl sites for hydroxylation is 1. The molecule has 0 spiro atoms. The van der Waals surface area contributed by atoms with Gasteiger partial charge in [-0.05, 0) is 43.0 Å². The van der Waals surface area contributed by atoms with Crippen molar-refractivity contribution in [1.29, 1.82) is 0 Å². The van der Waals surface area contributed by atoms with Crippen molar-refractivity contribution < 1.29 is 14.4 Å². The molecule has 0 bridgehead atoms. The Bertz CT molecular complexity index is 1070. The normalized spacial score (nSPS) is 14.4. The molecule has 3 aromatic rings. The number of benzene rings is 2.